The third kappa shape index (κ3) is 5.50. The van der Waals surface area contributed by atoms with Gasteiger partial charge >= 0.3 is 0 Å². The molecule has 4 nitrogen and oxygen atoms in total. The van der Waals surface area contributed by atoms with Crippen LogP contribution < -0.4 is 4.72 Å². The van der Waals surface area contributed by atoms with Gasteiger partial charge in [0.25, 0.3) is 0 Å². The first kappa shape index (κ1) is 15.9. The second kappa shape index (κ2) is 7.52. The number of pyridine rings is 1. The summed E-state index contributed by atoms with van der Waals surface area (Å²) in [5.41, 5.74) is 1.00. The van der Waals surface area contributed by atoms with Crippen molar-refractivity contribution in [3.63, 3.8) is 0 Å². The molecule has 0 aliphatic heterocycles. The number of alkyl halides is 1. The maximum absolute atomic E-state index is 12.0. The van der Waals surface area contributed by atoms with Gasteiger partial charge in [-0.25, -0.2) is 13.1 Å². The summed E-state index contributed by atoms with van der Waals surface area (Å²) in [6.45, 7) is 0.582. The number of nitrogens with one attached hydrogen (secondary N) is 1. The first-order valence-corrected chi connectivity index (χ1v) is 9.62. The molecule has 0 spiro atoms. The Morgan fingerprint density at radius 1 is 1.20 bits per heavy atom. The summed E-state index contributed by atoms with van der Waals surface area (Å²) in [7, 11) is -3.17. The van der Waals surface area contributed by atoms with Gasteiger partial charge in [0.05, 0.1) is 5.75 Å². The van der Waals surface area contributed by atoms with Crippen molar-refractivity contribution < 1.29 is 8.42 Å². The Kier molecular flexibility index (Phi) is 5.99. The molecule has 0 amide bonds. The van der Waals surface area contributed by atoms with Crippen LogP contribution in [-0.2, 0) is 16.4 Å². The molecule has 2 rings (SSSR count). The number of sulfonamides is 1. The van der Waals surface area contributed by atoms with E-state index in [1.807, 2.05) is 12.1 Å². The molecule has 0 atom stereocenters. The predicted octanol–water partition coefficient (Wildman–Crippen LogP) is 2.50. The van der Waals surface area contributed by atoms with Gasteiger partial charge in [-0.15, -0.1) is 0 Å². The lowest BCUT2D eigenvalue weighted by atomic mass is 9.89. The molecule has 0 bridgehead atoms. The van der Waals surface area contributed by atoms with Gasteiger partial charge in [0.15, 0.2) is 0 Å². The zero-order valence-electron chi connectivity index (χ0n) is 11.5. The number of nitrogens with zero attached hydrogens (tertiary/aromatic N) is 1. The standard InChI is InChI=1S/C14H21BrN2O2S/c15-14-3-1-13(2-4-14)11-17-20(18,19)10-7-12-5-8-16-9-6-12/h5-6,8-9,13-14,17H,1-4,7,10-11H2. The summed E-state index contributed by atoms with van der Waals surface area (Å²) in [4.78, 5) is 4.54. The molecule has 1 aliphatic rings. The average Bonchev–Trinajstić information content (AvgIpc) is 2.46. The smallest absolute Gasteiger partial charge is 0.211 e. The normalized spacial score (nSPS) is 23.6. The van der Waals surface area contributed by atoms with E-state index in [1.165, 1.54) is 0 Å². The second-order valence-electron chi connectivity index (χ2n) is 5.39. The Balaban J connectivity index is 1.74. The fourth-order valence-electron chi connectivity index (χ4n) is 2.44. The third-order valence-electron chi connectivity index (χ3n) is 3.78. The van der Waals surface area contributed by atoms with Crippen LogP contribution in [0, 0.1) is 5.92 Å². The monoisotopic (exact) mass is 360 g/mol. The molecule has 1 aliphatic carbocycles. The van der Waals surface area contributed by atoms with Gasteiger partial charge in [-0.05, 0) is 55.7 Å². The van der Waals surface area contributed by atoms with Gasteiger partial charge in [-0.3, -0.25) is 4.98 Å². The number of aromatic nitrogens is 1. The first-order chi connectivity index (χ1) is 9.55. The molecule has 0 radical (unpaired) electrons. The molecule has 0 saturated heterocycles. The van der Waals surface area contributed by atoms with E-state index in [1.54, 1.807) is 12.4 Å². The maximum atomic E-state index is 12.0. The molecule has 6 heteroatoms. The number of hydrogen-bond donors (Lipinski definition) is 1. The van der Waals surface area contributed by atoms with E-state index in [0.717, 1.165) is 31.2 Å². The molecule has 0 unspecified atom stereocenters. The minimum Gasteiger partial charge on any atom is -0.265 e. The Morgan fingerprint density at radius 3 is 2.50 bits per heavy atom. The lowest BCUT2D eigenvalue weighted by molar-refractivity contribution is 0.366. The topological polar surface area (TPSA) is 59.1 Å². The van der Waals surface area contributed by atoms with Crippen molar-refractivity contribution in [2.45, 2.75) is 36.9 Å². The van der Waals surface area contributed by atoms with Gasteiger partial charge in [0.2, 0.25) is 10.0 Å². The van der Waals surface area contributed by atoms with E-state index >= 15 is 0 Å². The van der Waals surface area contributed by atoms with E-state index < -0.39 is 10.0 Å². The number of halogens is 1. The molecule has 0 aromatic carbocycles. The van der Waals surface area contributed by atoms with Crippen LogP contribution in [0.1, 0.15) is 31.2 Å². The Hall–Kier alpha value is -0.460. The average molecular weight is 361 g/mol. The van der Waals surface area contributed by atoms with Gasteiger partial charge < -0.3 is 0 Å². The molecule has 1 saturated carbocycles. The Labute approximate surface area is 129 Å². The second-order valence-corrected chi connectivity index (χ2v) is 8.61. The third-order valence-corrected chi connectivity index (χ3v) is 6.04. The Bertz CT molecular complexity index is 499. The van der Waals surface area contributed by atoms with Crippen LogP contribution in [0.2, 0.25) is 0 Å². The zero-order valence-corrected chi connectivity index (χ0v) is 13.9. The lowest BCUT2D eigenvalue weighted by Crippen LogP contribution is -2.33. The fraction of sp³-hybridized carbons (Fsp3) is 0.643. The molecular weight excluding hydrogens is 340 g/mol. The largest absolute Gasteiger partial charge is 0.265 e. The fourth-order valence-corrected chi connectivity index (χ4v) is 4.11. The summed E-state index contributed by atoms with van der Waals surface area (Å²) in [6.07, 6.45) is 8.40. The number of rotatable bonds is 6. The number of aryl methyl sites for hydroxylation is 1. The molecule has 1 N–H and O–H groups in total. The highest BCUT2D eigenvalue weighted by atomic mass is 79.9. The van der Waals surface area contributed by atoms with Crippen LogP contribution in [-0.4, -0.2) is 30.5 Å². The van der Waals surface area contributed by atoms with Crippen LogP contribution in [0.3, 0.4) is 0 Å². The highest BCUT2D eigenvalue weighted by molar-refractivity contribution is 9.09. The molecule has 112 valence electrons. The van der Waals surface area contributed by atoms with Crippen molar-refractivity contribution in [1.82, 2.24) is 9.71 Å². The first-order valence-electron chi connectivity index (χ1n) is 7.05. The predicted molar refractivity (Wildman–Crippen MR) is 84.4 cm³/mol. The summed E-state index contributed by atoms with van der Waals surface area (Å²) in [6, 6.07) is 3.71. The van der Waals surface area contributed by atoms with Crippen LogP contribution in [0.4, 0.5) is 0 Å². The van der Waals surface area contributed by atoms with Crippen LogP contribution in [0.5, 0.6) is 0 Å². The van der Waals surface area contributed by atoms with Crippen molar-refractivity contribution >= 4 is 26.0 Å². The van der Waals surface area contributed by atoms with Crippen LogP contribution in [0.15, 0.2) is 24.5 Å². The molecule has 1 aromatic heterocycles. The summed E-state index contributed by atoms with van der Waals surface area (Å²) >= 11 is 3.61. The van der Waals surface area contributed by atoms with Crippen LogP contribution in [0.25, 0.3) is 0 Å². The molecule has 20 heavy (non-hydrogen) atoms. The minimum absolute atomic E-state index is 0.144. The van der Waals surface area contributed by atoms with E-state index in [9.17, 15) is 8.42 Å². The summed E-state index contributed by atoms with van der Waals surface area (Å²) in [5.74, 6) is 0.629. The van der Waals surface area contributed by atoms with Gasteiger partial charge in [-0.2, -0.15) is 0 Å². The minimum atomic E-state index is -3.17. The summed E-state index contributed by atoms with van der Waals surface area (Å²) in [5, 5.41) is 0. The van der Waals surface area contributed by atoms with Gasteiger partial charge in [0.1, 0.15) is 0 Å². The summed E-state index contributed by atoms with van der Waals surface area (Å²) < 4.78 is 26.7. The van der Waals surface area contributed by atoms with Crippen molar-refractivity contribution in [3.05, 3.63) is 30.1 Å². The highest BCUT2D eigenvalue weighted by Crippen LogP contribution is 2.28. The van der Waals surface area contributed by atoms with E-state index in [-0.39, 0.29) is 5.75 Å². The van der Waals surface area contributed by atoms with E-state index in [0.29, 0.717) is 23.7 Å². The van der Waals surface area contributed by atoms with Crippen molar-refractivity contribution in [3.8, 4) is 0 Å². The quantitative estimate of drug-likeness (QED) is 0.792. The Morgan fingerprint density at radius 2 is 1.85 bits per heavy atom. The van der Waals surface area contributed by atoms with Crippen LogP contribution >= 0.6 is 15.9 Å². The van der Waals surface area contributed by atoms with Gasteiger partial charge in [0, 0.05) is 23.8 Å². The zero-order chi connectivity index (χ0) is 14.4. The lowest BCUT2D eigenvalue weighted by Gasteiger charge is -2.25. The van der Waals surface area contributed by atoms with Crippen molar-refractivity contribution in [1.29, 1.82) is 0 Å². The SMILES string of the molecule is O=S(=O)(CCc1ccncc1)NCC1CCC(Br)CC1. The maximum Gasteiger partial charge on any atom is 0.211 e. The van der Waals surface area contributed by atoms with Gasteiger partial charge in [-0.1, -0.05) is 15.9 Å². The molecule has 1 fully saturated rings. The van der Waals surface area contributed by atoms with E-state index in [4.69, 9.17) is 0 Å². The number of hydrogen-bond acceptors (Lipinski definition) is 3. The van der Waals surface area contributed by atoms with Crippen molar-refractivity contribution in [2.24, 2.45) is 5.92 Å². The van der Waals surface area contributed by atoms with Crippen molar-refractivity contribution in [2.75, 3.05) is 12.3 Å². The molecule has 1 aromatic rings. The van der Waals surface area contributed by atoms with E-state index in [2.05, 4.69) is 25.6 Å². The molecular formula is C14H21BrN2O2S. The highest BCUT2D eigenvalue weighted by Gasteiger charge is 2.21. The molecule has 1 heterocycles.